The van der Waals surface area contributed by atoms with E-state index in [2.05, 4.69) is 58.4 Å². The van der Waals surface area contributed by atoms with E-state index in [0.717, 1.165) is 18.2 Å². The van der Waals surface area contributed by atoms with Crippen molar-refractivity contribution in [1.82, 2.24) is 9.88 Å². The summed E-state index contributed by atoms with van der Waals surface area (Å²) in [6, 6.07) is 17.2. The van der Waals surface area contributed by atoms with Crippen LogP contribution in [0.25, 0.3) is 22.0 Å². The highest BCUT2D eigenvalue weighted by atomic mass is 16.5. The van der Waals surface area contributed by atoms with Crippen molar-refractivity contribution in [3.8, 4) is 16.9 Å². The maximum Gasteiger partial charge on any atom is 0.328 e. The lowest BCUT2D eigenvalue weighted by molar-refractivity contribution is -0.134. The van der Waals surface area contributed by atoms with Crippen molar-refractivity contribution in [3.05, 3.63) is 66.9 Å². The van der Waals surface area contributed by atoms with Crippen molar-refractivity contribution in [2.24, 2.45) is 5.92 Å². The van der Waals surface area contributed by atoms with Crippen LogP contribution in [0.4, 0.5) is 0 Å². The summed E-state index contributed by atoms with van der Waals surface area (Å²) in [6.07, 6.45) is 6.05. The molecular formula is C25H26N2O5. The van der Waals surface area contributed by atoms with Gasteiger partial charge in [0.05, 0.1) is 0 Å². The van der Waals surface area contributed by atoms with Gasteiger partial charge in [-0.05, 0) is 78.7 Å². The number of hydrogen-bond acceptors (Lipinski definition) is 4. The van der Waals surface area contributed by atoms with Crippen molar-refractivity contribution in [2.75, 3.05) is 19.6 Å². The number of carboxylic acid groups (broad SMARTS) is 2. The Balaban J connectivity index is 0.000000265. The molecule has 0 amide bonds. The van der Waals surface area contributed by atoms with Crippen LogP contribution in [-0.4, -0.2) is 57.8 Å². The molecule has 32 heavy (non-hydrogen) atoms. The molecule has 1 atom stereocenters. The van der Waals surface area contributed by atoms with Crippen LogP contribution in [0, 0.1) is 5.92 Å². The molecule has 166 valence electrons. The van der Waals surface area contributed by atoms with E-state index in [1.807, 2.05) is 6.20 Å². The summed E-state index contributed by atoms with van der Waals surface area (Å²) < 4.78 is 6.29. The Bertz CT molecular complexity index is 1090. The minimum atomic E-state index is -1.26. The lowest BCUT2D eigenvalue weighted by Crippen LogP contribution is -2.52. The number of carbonyl (C=O) groups is 2. The second-order valence-electron chi connectivity index (χ2n) is 8.11. The molecule has 0 radical (unpaired) electrons. The fourth-order valence-corrected chi connectivity index (χ4v) is 4.32. The van der Waals surface area contributed by atoms with Crippen LogP contribution >= 0.6 is 0 Å². The molecule has 3 saturated heterocycles. The van der Waals surface area contributed by atoms with Crippen LogP contribution in [-0.2, 0) is 9.59 Å². The van der Waals surface area contributed by atoms with Gasteiger partial charge in [-0.2, -0.15) is 0 Å². The molecule has 3 fully saturated rings. The van der Waals surface area contributed by atoms with Gasteiger partial charge in [0.15, 0.2) is 0 Å². The predicted octanol–water partition coefficient (Wildman–Crippen LogP) is 4.02. The van der Waals surface area contributed by atoms with Crippen LogP contribution in [0.5, 0.6) is 5.75 Å². The van der Waals surface area contributed by atoms with Crippen LogP contribution < -0.4 is 4.74 Å². The number of hydrogen-bond donors (Lipinski definition) is 3. The normalized spacial score (nSPS) is 21.8. The number of fused-ring (bicyclic) bond motifs is 4. The van der Waals surface area contributed by atoms with E-state index in [0.29, 0.717) is 18.3 Å². The molecule has 1 aromatic heterocycles. The van der Waals surface area contributed by atoms with Crippen LogP contribution in [0.2, 0.25) is 0 Å². The molecule has 7 heteroatoms. The zero-order valence-electron chi connectivity index (χ0n) is 17.6. The molecule has 3 aromatic rings. The molecule has 4 heterocycles. The molecule has 7 nitrogen and oxygen atoms in total. The molecule has 0 spiro atoms. The van der Waals surface area contributed by atoms with E-state index in [1.54, 1.807) is 0 Å². The number of rotatable bonds is 5. The number of aliphatic carboxylic acids is 2. The Morgan fingerprint density at radius 3 is 2.19 bits per heavy atom. The SMILES string of the molecule is O=C(O)/C=C/C(=O)O.c1cc2cc(-c3ccc(OC4CN5CCC4CC5)cc3)ccc2[nH]1. The summed E-state index contributed by atoms with van der Waals surface area (Å²) >= 11 is 0. The quantitative estimate of drug-likeness (QED) is 0.524. The summed E-state index contributed by atoms with van der Waals surface area (Å²) in [6.45, 7) is 3.60. The lowest BCUT2D eigenvalue weighted by Gasteiger charge is -2.44. The van der Waals surface area contributed by atoms with Gasteiger partial charge in [-0.1, -0.05) is 18.2 Å². The first-order chi connectivity index (χ1) is 15.5. The summed E-state index contributed by atoms with van der Waals surface area (Å²) in [5, 5.41) is 16.9. The van der Waals surface area contributed by atoms with Crippen molar-refractivity contribution < 1.29 is 24.5 Å². The van der Waals surface area contributed by atoms with Gasteiger partial charge in [-0.25, -0.2) is 9.59 Å². The van der Waals surface area contributed by atoms with Crippen molar-refractivity contribution >= 4 is 22.8 Å². The Morgan fingerprint density at radius 1 is 0.938 bits per heavy atom. The number of piperidine rings is 3. The van der Waals surface area contributed by atoms with Crippen molar-refractivity contribution in [1.29, 1.82) is 0 Å². The van der Waals surface area contributed by atoms with Gasteiger partial charge >= 0.3 is 11.9 Å². The third-order valence-corrected chi connectivity index (χ3v) is 5.99. The second kappa shape index (κ2) is 9.70. The first-order valence-corrected chi connectivity index (χ1v) is 10.7. The first kappa shape index (κ1) is 21.6. The van der Waals surface area contributed by atoms with E-state index in [9.17, 15) is 9.59 Å². The average molecular weight is 434 g/mol. The number of nitrogens with one attached hydrogen (secondary N) is 1. The van der Waals surface area contributed by atoms with E-state index in [4.69, 9.17) is 14.9 Å². The number of aromatic amines is 1. The Kier molecular flexibility index (Phi) is 6.56. The smallest absolute Gasteiger partial charge is 0.328 e. The molecule has 2 aromatic carbocycles. The lowest BCUT2D eigenvalue weighted by atomic mass is 9.86. The largest absolute Gasteiger partial charge is 0.489 e. The molecule has 2 bridgehead atoms. The van der Waals surface area contributed by atoms with Gasteiger partial charge in [0, 0.05) is 30.4 Å². The molecule has 0 aliphatic carbocycles. The number of benzene rings is 2. The molecule has 3 N–H and O–H groups in total. The van der Waals surface area contributed by atoms with Gasteiger partial charge in [0.25, 0.3) is 0 Å². The highest BCUT2D eigenvalue weighted by molar-refractivity contribution is 5.89. The van der Waals surface area contributed by atoms with E-state index >= 15 is 0 Å². The molecule has 3 aliphatic rings. The fourth-order valence-electron chi connectivity index (χ4n) is 4.32. The van der Waals surface area contributed by atoms with E-state index in [1.165, 1.54) is 48.0 Å². The maximum absolute atomic E-state index is 9.55. The molecule has 6 rings (SSSR count). The van der Waals surface area contributed by atoms with E-state index in [-0.39, 0.29) is 0 Å². The van der Waals surface area contributed by atoms with Gasteiger partial charge in [0.1, 0.15) is 11.9 Å². The zero-order valence-corrected chi connectivity index (χ0v) is 17.6. The zero-order chi connectivity index (χ0) is 22.5. The fraction of sp³-hybridized carbons (Fsp3) is 0.280. The standard InChI is InChI=1S/C21H22N2O.C4H4O4/c1-4-19(24-21-14-23-11-8-16(21)9-12-23)5-2-15(1)17-3-6-20-18(13-17)7-10-22-20;5-3(6)1-2-4(7)8/h1-7,10,13,16,21-22H,8-9,11-12,14H2;1-2H,(H,5,6)(H,7,8)/b;2-1+. The Labute approximate surface area is 185 Å². The minimum absolute atomic E-state index is 0.370. The third kappa shape index (κ3) is 5.36. The van der Waals surface area contributed by atoms with Crippen LogP contribution in [0.1, 0.15) is 12.8 Å². The first-order valence-electron chi connectivity index (χ1n) is 10.7. The second-order valence-corrected chi connectivity index (χ2v) is 8.11. The highest BCUT2D eigenvalue weighted by Crippen LogP contribution is 2.32. The van der Waals surface area contributed by atoms with Gasteiger partial charge < -0.3 is 19.9 Å². The molecule has 3 aliphatic heterocycles. The summed E-state index contributed by atoms with van der Waals surface area (Å²) in [7, 11) is 0. The van der Waals surface area contributed by atoms with Crippen molar-refractivity contribution in [3.63, 3.8) is 0 Å². The average Bonchev–Trinajstić information content (AvgIpc) is 3.27. The Hall–Kier alpha value is -3.58. The van der Waals surface area contributed by atoms with Crippen LogP contribution in [0.15, 0.2) is 66.9 Å². The highest BCUT2D eigenvalue weighted by Gasteiger charge is 2.35. The minimum Gasteiger partial charge on any atom is -0.489 e. The van der Waals surface area contributed by atoms with E-state index < -0.39 is 11.9 Å². The Morgan fingerprint density at radius 2 is 1.59 bits per heavy atom. The van der Waals surface area contributed by atoms with Crippen LogP contribution in [0.3, 0.4) is 0 Å². The monoisotopic (exact) mass is 434 g/mol. The topological polar surface area (TPSA) is 103 Å². The molecule has 0 saturated carbocycles. The predicted molar refractivity (Wildman–Crippen MR) is 122 cm³/mol. The number of carboxylic acids is 2. The van der Waals surface area contributed by atoms with Gasteiger partial charge in [-0.15, -0.1) is 0 Å². The molecule has 1 unspecified atom stereocenters. The number of nitrogens with zero attached hydrogens (tertiary/aromatic N) is 1. The van der Waals surface area contributed by atoms with Gasteiger partial charge in [-0.3, -0.25) is 4.90 Å². The number of ether oxygens (including phenoxy) is 1. The summed E-state index contributed by atoms with van der Waals surface area (Å²) in [4.78, 5) is 24.9. The van der Waals surface area contributed by atoms with Crippen molar-refractivity contribution in [2.45, 2.75) is 18.9 Å². The number of aromatic nitrogens is 1. The summed E-state index contributed by atoms with van der Waals surface area (Å²) in [5.41, 5.74) is 3.66. The molecular weight excluding hydrogens is 408 g/mol. The van der Waals surface area contributed by atoms with Gasteiger partial charge in [0.2, 0.25) is 0 Å². The summed E-state index contributed by atoms with van der Waals surface area (Å²) in [5.74, 6) is -0.773. The maximum atomic E-state index is 9.55. The number of H-pyrrole nitrogens is 1. The third-order valence-electron chi connectivity index (χ3n) is 5.99.